The quantitative estimate of drug-likeness (QED) is 0.739. The summed E-state index contributed by atoms with van der Waals surface area (Å²) in [7, 11) is 0. The maximum atomic E-state index is 12.3. The molecule has 0 spiro atoms. The van der Waals surface area contributed by atoms with E-state index in [1.807, 2.05) is 13.0 Å². The molecule has 25 heavy (non-hydrogen) atoms. The summed E-state index contributed by atoms with van der Waals surface area (Å²) in [5.74, 6) is -0.805. The number of nitrogens with one attached hydrogen (secondary N) is 1. The third-order valence-corrected chi connectivity index (χ3v) is 5.45. The molecule has 1 fully saturated rings. The van der Waals surface area contributed by atoms with Crippen molar-refractivity contribution in [1.29, 1.82) is 0 Å². The monoisotopic (exact) mass is 362 g/mol. The maximum absolute atomic E-state index is 12.3. The van der Waals surface area contributed by atoms with Crippen molar-refractivity contribution in [2.75, 3.05) is 12.4 Å². The number of ether oxygens (including phenoxy) is 1. The van der Waals surface area contributed by atoms with Gasteiger partial charge in [-0.3, -0.25) is 14.5 Å². The van der Waals surface area contributed by atoms with Gasteiger partial charge in [-0.2, -0.15) is 0 Å². The van der Waals surface area contributed by atoms with Crippen molar-refractivity contribution in [3.05, 3.63) is 41.6 Å². The Bertz CT molecular complexity index is 734. The van der Waals surface area contributed by atoms with Crippen molar-refractivity contribution < 1.29 is 24.2 Å². The Balaban J connectivity index is 1.61. The summed E-state index contributed by atoms with van der Waals surface area (Å²) < 4.78 is 5.36. The number of carboxylic acids is 1. The number of hydrogen-bond acceptors (Lipinski definition) is 5. The van der Waals surface area contributed by atoms with E-state index < -0.39 is 23.8 Å². The van der Waals surface area contributed by atoms with Crippen molar-refractivity contribution in [3.63, 3.8) is 0 Å². The molecule has 0 aromatic heterocycles. The van der Waals surface area contributed by atoms with Crippen LogP contribution < -0.4 is 10.1 Å². The standard InChI is InChI=1S/C17H18N2O5S/c1-2-10-9-25-16-13(15(21)19(16)14(10)17(22)23)18-12(20)8-24-11-6-4-3-5-7-11/h3-7,13,16H,2,8-9H2,1H3,(H,18,20)(H,22,23). The van der Waals surface area contributed by atoms with Crippen LogP contribution >= 0.6 is 11.8 Å². The van der Waals surface area contributed by atoms with Crippen LogP contribution in [0.15, 0.2) is 41.6 Å². The Morgan fingerprint density at radius 3 is 2.72 bits per heavy atom. The fourth-order valence-electron chi connectivity index (χ4n) is 2.83. The first-order valence-electron chi connectivity index (χ1n) is 7.90. The fraction of sp³-hybridized carbons (Fsp3) is 0.353. The molecule has 2 amide bonds. The molecular weight excluding hydrogens is 344 g/mol. The lowest BCUT2D eigenvalue weighted by Crippen LogP contribution is -2.70. The molecule has 0 bridgehead atoms. The number of para-hydroxylation sites is 1. The van der Waals surface area contributed by atoms with Crippen LogP contribution in [-0.4, -0.2) is 51.6 Å². The number of amides is 2. The lowest BCUT2D eigenvalue weighted by atomic mass is 10.0. The van der Waals surface area contributed by atoms with Gasteiger partial charge in [-0.15, -0.1) is 11.8 Å². The van der Waals surface area contributed by atoms with Gasteiger partial charge in [0.2, 0.25) is 0 Å². The van der Waals surface area contributed by atoms with E-state index in [0.717, 1.165) is 5.57 Å². The minimum atomic E-state index is -1.10. The maximum Gasteiger partial charge on any atom is 0.352 e. The molecule has 2 aliphatic heterocycles. The molecule has 0 saturated carbocycles. The predicted octanol–water partition coefficient (Wildman–Crippen LogP) is 1.21. The number of carbonyl (C=O) groups is 3. The van der Waals surface area contributed by atoms with E-state index in [9.17, 15) is 19.5 Å². The lowest BCUT2D eigenvalue weighted by molar-refractivity contribution is -0.151. The summed E-state index contributed by atoms with van der Waals surface area (Å²) in [6.07, 6.45) is 0.576. The van der Waals surface area contributed by atoms with Crippen LogP contribution in [0.4, 0.5) is 0 Å². The third-order valence-electron chi connectivity index (χ3n) is 4.11. The molecule has 1 aromatic carbocycles. The molecule has 1 saturated heterocycles. The summed E-state index contributed by atoms with van der Waals surface area (Å²) in [4.78, 5) is 37.1. The van der Waals surface area contributed by atoms with E-state index >= 15 is 0 Å². The minimum Gasteiger partial charge on any atom is -0.484 e. The topological polar surface area (TPSA) is 95.9 Å². The molecule has 3 rings (SSSR count). The van der Waals surface area contributed by atoms with Crippen LogP contribution in [0.1, 0.15) is 13.3 Å². The van der Waals surface area contributed by atoms with E-state index in [1.54, 1.807) is 24.3 Å². The highest BCUT2D eigenvalue weighted by molar-refractivity contribution is 8.00. The second-order valence-electron chi connectivity index (χ2n) is 5.67. The van der Waals surface area contributed by atoms with Crippen molar-refractivity contribution in [3.8, 4) is 5.75 Å². The zero-order valence-electron chi connectivity index (χ0n) is 13.6. The number of thioether (sulfide) groups is 1. The van der Waals surface area contributed by atoms with E-state index in [2.05, 4.69) is 5.32 Å². The number of carbonyl (C=O) groups excluding carboxylic acids is 2. The summed E-state index contributed by atoms with van der Waals surface area (Å²) >= 11 is 1.46. The van der Waals surface area contributed by atoms with Gasteiger partial charge in [-0.25, -0.2) is 4.79 Å². The summed E-state index contributed by atoms with van der Waals surface area (Å²) in [5.41, 5.74) is 0.793. The van der Waals surface area contributed by atoms with Gasteiger partial charge in [-0.1, -0.05) is 25.1 Å². The second-order valence-corrected chi connectivity index (χ2v) is 6.77. The van der Waals surface area contributed by atoms with Gasteiger partial charge >= 0.3 is 5.97 Å². The highest BCUT2D eigenvalue weighted by atomic mass is 32.2. The molecule has 8 heteroatoms. The first kappa shape index (κ1) is 17.3. The lowest BCUT2D eigenvalue weighted by Gasteiger charge is -2.49. The molecule has 1 aromatic rings. The second kappa shape index (κ2) is 7.18. The Morgan fingerprint density at radius 1 is 1.36 bits per heavy atom. The minimum absolute atomic E-state index is 0.0577. The normalized spacial score (nSPS) is 22.1. The molecule has 2 N–H and O–H groups in total. The van der Waals surface area contributed by atoms with Crippen molar-refractivity contribution in [1.82, 2.24) is 10.2 Å². The van der Waals surface area contributed by atoms with Gasteiger partial charge < -0.3 is 15.2 Å². The zero-order valence-corrected chi connectivity index (χ0v) is 14.4. The van der Waals surface area contributed by atoms with E-state index in [1.165, 1.54) is 16.7 Å². The average Bonchev–Trinajstić information content (AvgIpc) is 2.63. The molecule has 2 aliphatic rings. The molecule has 2 unspecified atom stereocenters. The van der Waals surface area contributed by atoms with Crippen LogP contribution in [0.5, 0.6) is 5.75 Å². The van der Waals surface area contributed by atoms with Crippen LogP contribution in [-0.2, 0) is 14.4 Å². The van der Waals surface area contributed by atoms with E-state index in [-0.39, 0.29) is 17.7 Å². The van der Waals surface area contributed by atoms with Gasteiger partial charge in [0.1, 0.15) is 22.9 Å². The summed E-state index contributed by atoms with van der Waals surface area (Å²) in [5, 5.41) is 11.6. The Hall–Kier alpha value is -2.48. The molecule has 0 aliphatic carbocycles. The van der Waals surface area contributed by atoms with Crippen molar-refractivity contribution >= 4 is 29.5 Å². The largest absolute Gasteiger partial charge is 0.484 e. The van der Waals surface area contributed by atoms with Crippen molar-refractivity contribution in [2.45, 2.75) is 24.8 Å². The highest BCUT2D eigenvalue weighted by Crippen LogP contribution is 2.40. The first-order valence-corrected chi connectivity index (χ1v) is 8.95. The number of rotatable bonds is 6. The number of carboxylic acid groups (broad SMARTS) is 1. The molecule has 0 radical (unpaired) electrons. The average molecular weight is 362 g/mol. The van der Waals surface area contributed by atoms with Gasteiger partial charge in [0, 0.05) is 5.75 Å². The van der Waals surface area contributed by atoms with E-state index in [0.29, 0.717) is 17.9 Å². The SMILES string of the molecule is CCC1=C(C(=O)O)N2C(=O)C(NC(=O)COc3ccccc3)C2SC1. The Morgan fingerprint density at radius 2 is 2.08 bits per heavy atom. The molecule has 2 atom stereocenters. The summed E-state index contributed by atoms with van der Waals surface area (Å²) in [6.45, 7) is 1.66. The third kappa shape index (κ3) is 3.34. The predicted molar refractivity (Wildman–Crippen MR) is 91.9 cm³/mol. The molecule has 7 nitrogen and oxygen atoms in total. The van der Waals surface area contributed by atoms with Gasteiger partial charge in [0.05, 0.1) is 0 Å². The molecule has 2 heterocycles. The Labute approximate surface area is 149 Å². The molecule has 132 valence electrons. The number of β-lactam (4-membered cyclic amide) rings is 1. The van der Waals surface area contributed by atoms with E-state index in [4.69, 9.17) is 4.74 Å². The fourth-order valence-corrected chi connectivity index (χ4v) is 4.28. The van der Waals surface area contributed by atoms with Crippen LogP contribution in [0.3, 0.4) is 0 Å². The smallest absolute Gasteiger partial charge is 0.352 e. The van der Waals surface area contributed by atoms with Gasteiger partial charge in [0.15, 0.2) is 6.61 Å². The van der Waals surface area contributed by atoms with Gasteiger partial charge in [0.25, 0.3) is 11.8 Å². The Kier molecular flexibility index (Phi) is 4.98. The number of fused-ring (bicyclic) bond motifs is 1. The number of nitrogens with zero attached hydrogens (tertiary/aromatic N) is 1. The highest BCUT2D eigenvalue weighted by Gasteiger charge is 2.53. The number of hydrogen-bond donors (Lipinski definition) is 2. The zero-order chi connectivity index (χ0) is 18.0. The van der Waals surface area contributed by atoms with Crippen molar-refractivity contribution in [2.24, 2.45) is 0 Å². The van der Waals surface area contributed by atoms with Crippen LogP contribution in [0.25, 0.3) is 0 Å². The number of benzene rings is 1. The summed E-state index contributed by atoms with van der Waals surface area (Å²) in [6, 6.07) is 8.18. The number of aliphatic carboxylic acids is 1. The van der Waals surface area contributed by atoms with Gasteiger partial charge in [-0.05, 0) is 24.1 Å². The first-order chi connectivity index (χ1) is 12.0. The van der Waals surface area contributed by atoms with Crippen LogP contribution in [0, 0.1) is 0 Å². The molecular formula is C17H18N2O5S. The van der Waals surface area contributed by atoms with Crippen LogP contribution in [0.2, 0.25) is 0 Å².